The van der Waals surface area contributed by atoms with Crippen LogP contribution in [0.15, 0.2) is 53.7 Å². The van der Waals surface area contributed by atoms with Gasteiger partial charge in [0.15, 0.2) is 0 Å². The number of thiophene rings is 1. The highest BCUT2D eigenvalue weighted by Crippen LogP contribution is 2.29. The second-order valence-corrected chi connectivity index (χ2v) is 6.02. The summed E-state index contributed by atoms with van der Waals surface area (Å²) in [7, 11) is 0. The van der Waals surface area contributed by atoms with E-state index in [0.29, 0.717) is 6.42 Å². The number of nitrogens with one attached hydrogen (secondary N) is 1. The highest BCUT2D eigenvalue weighted by molar-refractivity contribution is 7.07. The predicted molar refractivity (Wildman–Crippen MR) is 90.0 cm³/mol. The van der Waals surface area contributed by atoms with Crippen molar-refractivity contribution in [1.29, 1.82) is 5.26 Å². The van der Waals surface area contributed by atoms with Crippen LogP contribution in [-0.4, -0.2) is 19.7 Å². The van der Waals surface area contributed by atoms with Crippen molar-refractivity contribution in [3.8, 4) is 17.2 Å². The van der Waals surface area contributed by atoms with E-state index in [1.165, 1.54) is 0 Å². The zero-order valence-electron chi connectivity index (χ0n) is 12.2. The molecule has 0 saturated carbocycles. The maximum atomic E-state index is 9.13. The van der Waals surface area contributed by atoms with Crippen molar-refractivity contribution in [1.82, 2.24) is 19.7 Å². The van der Waals surface area contributed by atoms with Gasteiger partial charge in [-0.2, -0.15) is 21.7 Å². The van der Waals surface area contributed by atoms with Crippen LogP contribution in [0.3, 0.4) is 0 Å². The van der Waals surface area contributed by atoms with Gasteiger partial charge in [0.25, 0.3) is 0 Å². The summed E-state index contributed by atoms with van der Waals surface area (Å²) in [6.07, 6.45) is 7.92. The smallest absolute Gasteiger partial charge is 0.137 e. The number of aromatic amines is 1. The van der Waals surface area contributed by atoms with Crippen LogP contribution in [0.25, 0.3) is 22.2 Å². The Hall–Kier alpha value is -2.91. The van der Waals surface area contributed by atoms with E-state index in [1.807, 2.05) is 46.9 Å². The molecular weight excluding hydrogens is 306 g/mol. The van der Waals surface area contributed by atoms with Gasteiger partial charge in [-0.05, 0) is 40.1 Å². The Morgan fingerprint density at radius 1 is 1.35 bits per heavy atom. The molecule has 0 spiro atoms. The monoisotopic (exact) mass is 319 g/mol. The molecule has 6 heteroatoms. The lowest BCUT2D eigenvalue weighted by atomic mass is 10.1. The molecule has 1 unspecified atom stereocenters. The molecule has 112 valence electrons. The van der Waals surface area contributed by atoms with E-state index in [1.54, 1.807) is 17.5 Å². The summed E-state index contributed by atoms with van der Waals surface area (Å²) < 4.78 is 1.87. The average Bonchev–Trinajstić information content (AvgIpc) is 3.32. The van der Waals surface area contributed by atoms with Gasteiger partial charge in [0, 0.05) is 29.5 Å². The van der Waals surface area contributed by atoms with Gasteiger partial charge in [-0.1, -0.05) is 0 Å². The van der Waals surface area contributed by atoms with E-state index in [2.05, 4.69) is 26.5 Å². The lowest BCUT2D eigenvalue weighted by Crippen LogP contribution is -2.09. The first kappa shape index (κ1) is 13.7. The highest BCUT2D eigenvalue weighted by atomic mass is 32.1. The Morgan fingerprint density at radius 3 is 3.13 bits per heavy atom. The SMILES string of the molecule is N#CCC(c1ccsc1)n1cc(-c2ccnc3[nH]ccc23)cn1. The lowest BCUT2D eigenvalue weighted by molar-refractivity contribution is 0.534. The molecule has 4 aromatic rings. The topological polar surface area (TPSA) is 70.3 Å². The van der Waals surface area contributed by atoms with Crippen molar-refractivity contribution in [2.75, 3.05) is 0 Å². The van der Waals surface area contributed by atoms with Crippen LogP contribution in [0.5, 0.6) is 0 Å². The number of pyridine rings is 1. The molecule has 0 radical (unpaired) electrons. The van der Waals surface area contributed by atoms with Crippen molar-refractivity contribution >= 4 is 22.4 Å². The molecule has 4 aromatic heterocycles. The van der Waals surface area contributed by atoms with E-state index < -0.39 is 0 Å². The molecule has 0 aliphatic heterocycles. The van der Waals surface area contributed by atoms with Crippen molar-refractivity contribution in [2.45, 2.75) is 12.5 Å². The van der Waals surface area contributed by atoms with E-state index in [4.69, 9.17) is 5.26 Å². The third kappa shape index (κ3) is 2.41. The molecule has 5 nitrogen and oxygen atoms in total. The number of rotatable bonds is 4. The van der Waals surface area contributed by atoms with Crippen LogP contribution < -0.4 is 0 Å². The third-order valence-corrected chi connectivity index (χ3v) is 4.61. The van der Waals surface area contributed by atoms with Gasteiger partial charge < -0.3 is 4.98 Å². The zero-order chi connectivity index (χ0) is 15.6. The fourth-order valence-corrected chi connectivity index (χ4v) is 3.48. The Labute approximate surface area is 136 Å². The van der Waals surface area contributed by atoms with E-state index in [0.717, 1.165) is 27.7 Å². The Balaban J connectivity index is 1.77. The maximum Gasteiger partial charge on any atom is 0.137 e. The molecule has 0 bridgehead atoms. The standard InChI is InChI=1S/C17H13N5S/c18-5-1-16(12-4-8-23-11-12)22-10-13(9-21-22)14-2-6-19-17-15(14)3-7-20-17/h2-4,6-11,16H,1H2,(H,19,20). The molecule has 0 aliphatic carbocycles. The van der Waals surface area contributed by atoms with E-state index in [-0.39, 0.29) is 6.04 Å². The van der Waals surface area contributed by atoms with Gasteiger partial charge >= 0.3 is 0 Å². The largest absolute Gasteiger partial charge is 0.346 e. The number of fused-ring (bicyclic) bond motifs is 1. The lowest BCUT2D eigenvalue weighted by Gasteiger charge is -2.12. The molecule has 23 heavy (non-hydrogen) atoms. The van der Waals surface area contributed by atoms with Gasteiger partial charge in [-0.3, -0.25) is 4.68 Å². The number of nitrogens with zero attached hydrogens (tertiary/aromatic N) is 4. The van der Waals surface area contributed by atoms with E-state index in [9.17, 15) is 0 Å². The highest BCUT2D eigenvalue weighted by Gasteiger charge is 2.16. The summed E-state index contributed by atoms with van der Waals surface area (Å²) in [6.45, 7) is 0. The predicted octanol–water partition coefficient (Wildman–Crippen LogP) is 3.99. The van der Waals surface area contributed by atoms with Gasteiger partial charge in [0.2, 0.25) is 0 Å². The second-order valence-electron chi connectivity index (χ2n) is 5.24. The summed E-state index contributed by atoms with van der Waals surface area (Å²) in [4.78, 5) is 7.44. The summed E-state index contributed by atoms with van der Waals surface area (Å²) >= 11 is 1.63. The van der Waals surface area contributed by atoms with Crippen LogP contribution in [0, 0.1) is 11.3 Å². The molecule has 0 saturated heterocycles. The van der Waals surface area contributed by atoms with Crippen molar-refractivity contribution in [3.05, 3.63) is 59.3 Å². The van der Waals surface area contributed by atoms with Gasteiger partial charge in [0.05, 0.1) is 24.7 Å². The minimum absolute atomic E-state index is 0.0523. The molecule has 0 amide bonds. The van der Waals surface area contributed by atoms with Gasteiger partial charge in [0.1, 0.15) is 5.65 Å². The zero-order valence-corrected chi connectivity index (χ0v) is 13.0. The molecule has 4 rings (SSSR count). The Bertz CT molecular complexity index is 974. The fourth-order valence-electron chi connectivity index (χ4n) is 2.78. The number of hydrogen-bond donors (Lipinski definition) is 1. The summed E-state index contributed by atoms with van der Waals surface area (Å²) in [5, 5.41) is 18.8. The van der Waals surface area contributed by atoms with Crippen LogP contribution in [0.1, 0.15) is 18.0 Å². The van der Waals surface area contributed by atoms with Gasteiger partial charge in [-0.25, -0.2) is 4.98 Å². The molecular formula is C17H13N5S. The third-order valence-electron chi connectivity index (χ3n) is 3.90. The van der Waals surface area contributed by atoms with E-state index >= 15 is 0 Å². The summed E-state index contributed by atoms with van der Waals surface area (Å²) in [5.41, 5.74) is 4.09. The summed E-state index contributed by atoms with van der Waals surface area (Å²) in [6, 6.07) is 8.25. The van der Waals surface area contributed by atoms with Crippen molar-refractivity contribution in [3.63, 3.8) is 0 Å². The van der Waals surface area contributed by atoms with Crippen molar-refractivity contribution < 1.29 is 0 Å². The number of H-pyrrole nitrogens is 1. The molecule has 4 heterocycles. The minimum Gasteiger partial charge on any atom is -0.346 e. The average molecular weight is 319 g/mol. The Morgan fingerprint density at radius 2 is 2.30 bits per heavy atom. The van der Waals surface area contributed by atoms with Gasteiger partial charge in [-0.15, -0.1) is 0 Å². The molecule has 1 atom stereocenters. The number of nitriles is 1. The quantitative estimate of drug-likeness (QED) is 0.618. The molecule has 1 N–H and O–H groups in total. The normalized spacial score (nSPS) is 12.3. The minimum atomic E-state index is -0.0523. The molecule has 0 aliphatic rings. The first-order chi connectivity index (χ1) is 11.4. The maximum absolute atomic E-state index is 9.13. The molecule has 0 aromatic carbocycles. The first-order valence-corrected chi connectivity index (χ1v) is 8.17. The molecule has 0 fully saturated rings. The van der Waals surface area contributed by atoms with Crippen LogP contribution in [0.2, 0.25) is 0 Å². The number of hydrogen-bond acceptors (Lipinski definition) is 4. The summed E-state index contributed by atoms with van der Waals surface area (Å²) in [5.74, 6) is 0. The van der Waals surface area contributed by atoms with Crippen molar-refractivity contribution in [2.24, 2.45) is 0 Å². The Kier molecular flexibility index (Phi) is 3.41. The van der Waals surface area contributed by atoms with Crippen LogP contribution in [0.4, 0.5) is 0 Å². The number of aromatic nitrogens is 4. The second kappa shape index (κ2) is 5.71. The fraction of sp³-hybridized carbons (Fsp3) is 0.118. The first-order valence-electron chi connectivity index (χ1n) is 7.22. The van der Waals surface area contributed by atoms with Crippen LogP contribution >= 0.6 is 11.3 Å². The van der Waals surface area contributed by atoms with Crippen LogP contribution in [-0.2, 0) is 0 Å².